The number of hydrogen-bond acceptors (Lipinski definition) is 0. The molecule has 0 N–H and O–H groups in total. The van der Waals surface area contributed by atoms with Crippen LogP contribution in [0.1, 0.15) is 15.7 Å². The summed E-state index contributed by atoms with van der Waals surface area (Å²) in [5.41, 5.74) is 0. The maximum absolute atomic E-state index is 2.99. The average Bonchev–Trinajstić information content (AvgIpc) is 2.67. The van der Waals surface area contributed by atoms with E-state index in [1.54, 1.807) is 0 Å². The molecule has 0 aromatic heterocycles. The van der Waals surface area contributed by atoms with Crippen molar-refractivity contribution in [2.24, 2.45) is 0 Å². The molecule has 0 heterocycles. The first-order chi connectivity index (χ1) is 5.00. The normalized spacial score (nSPS) is 13.5. The molecule has 0 aromatic carbocycles. The first kappa shape index (κ1) is 18.6. The summed E-state index contributed by atoms with van der Waals surface area (Å²) in [6.45, 7) is 0. The van der Waals surface area contributed by atoms with Crippen LogP contribution in [0.5, 0.6) is 0 Å². The number of hydrogen-bond donors (Lipinski definition) is 0. The molecule has 0 atom stereocenters. The van der Waals surface area contributed by atoms with Crippen molar-refractivity contribution in [1.82, 2.24) is 0 Å². The Morgan fingerprint density at radius 2 is 1.23 bits per heavy atom. The Morgan fingerprint density at radius 1 is 0.846 bits per heavy atom. The van der Waals surface area contributed by atoms with Crippen LogP contribution in [0, 0.1) is 27.0 Å². The Kier molecular flexibility index (Phi) is 20.6. The van der Waals surface area contributed by atoms with Crippen LogP contribution in [-0.2, 0) is 26.2 Å². The molecule has 0 bridgehead atoms. The van der Waals surface area contributed by atoms with Crippen molar-refractivity contribution in [3.63, 3.8) is 0 Å². The summed E-state index contributed by atoms with van der Waals surface area (Å²) in [5.74, 6) is 0. The summed E-state index contributed by atoms with van der Waals surface area (Å²) in [7, 11) is 0. The molecule has 0 saturated heterocycles. The summed E-state index contributed by atoms with van der Waals surface area (Å²) in [5, 5.41) is 0. The first-order valence-corrected chi connectivity index (χ1v) is 3.43. The van der Waals surface area contributed by atoms with Gasteiger partial charge in [-0.05, 0) is 0 Å². The van der Waals surface area contributed by atoms with Crippen LogP contribution in [-0.4, -0.2) is 0 Å². The summed E-state index contributed by atoms with van der Waals surface area (Å²) >= 11 is 0. The van der Waals surface area contributed by atoms with E-state index in [9.17, 15) is 0 Å². The molecule has 0 nitrogen and oxygen atoms in total. The zero-order valence-electron chi connectivity index (χ0n) is 10.4. The van der Waals surface area contributed by atoms with Crippen LogP contribution in [0.4, 0.5) is 0 Å². The molecule has 0 fully saturated rings. The Balaban J connectivity index is -0.0000000333. The van der Waals surface area contributed by atoms with Gasteiger partial charge in [-0.25, -0.2) is 24.3 Å². The van der Waals surface area contributed by atoms with Crippen molar-refractivity contribution in [2.45, 2.75) is 12.8 Å². The van der Waals surface area contributed by atoms with Gasteiger partial charge in [-0.15, -0.1) is 12.8 Å². The molecule has 0 saturated carbocycles. The average molecular weight is 254 g/mol. The van der Waals surface area contributed by atoms with Gasteiger partial charge in [0.25, 0.3) is 0 Å². The fraction of sp³-hybridized carbons (Fsp3) is 0.167. The molecule has 0 aromatic rings. The third kappa shape index (κ3) is 11.8. The topological polar surface area (TPSA) is 0 Å². The Hall–Kier alpha value is -0.157. The molecule has 0 unspecified atom stereocenters. The molecule has 0 aliphatic heterocycles. The third-order valence-electron chi connectivity index (χ3n) is 1.17. The maximum atomic E-state index is 2.99. The Bertz CT molecular complexity index is 152. The minimum absolute atomic E-state index is 0. The summed E-state index contributed by atoms with van der Waals surface area (Å²) in [6.07, 6.45) is 20.0. The van der Waals surface area contributed by atoms with Crippen LogP contribution >= 0.6 is 0 Å². The van der Waals surface area contributed by atoms with Crippen molar-refractivity contribution in [3.05, 3.63) is 63.5 Å². The second kappa shape index (κ2) is 14.4. The smallest absolute Gasteiger partial charge is 1.00 e. The summed E-state index contributed by atoms with van der Waals surface area (Å²) in [6, 6.07) is 0. The zero-order chi connectivity index (χ0) is 7.07. The summed E-state index contributed by atoms with van der Waals surface area (Å²) in [4.78, 5) is 0. The quantitative estimate of drug-likeness (QED) is 0.577. The maximum Gasteiger partial charge on any atom is 4.00 e. The second-order valence-electron chi connectivity index (χ2n) is 2.01. The van der Waals surface area contributed by atoms with E-state index in [2.05, 4.69) is 24.3 Å². The molecular weight excluding hydrogens is 235 g/mol. The molecule has 0 spiro atoms. The van der Waals surface area contributed by atoms with E-state index in [1.165, 1.54) is 0 Å². The summed E-state index contributed by atoms with van der Waals surface area (Å²) < 4.78 is 0. The Labute approximate surface area is 105 Å². The molecule has 72 valence electrons. The minimum Gasteiger partial charge on any atom is -1.00 e. The van der Waals surface area contributed by atoms with Gasteiger partial charge in [0.15, 0.2) is 0 Å². The van der Waals surface area contributed by atoms with Crippen LogP contribution in [0.2, 0.25) is 0 Å². The van der Waals surface area contributed by atoms with Gasteiger partial charge in [0.05, 0.1) is 0 Å². The fourth-order valence-corrected chi connectivity index (χ4v) is 0.680. The van der Waals surface area contributed by atoms with E-state index in [1.807, 2.05) is 24.3 Å². The fourth-order valence-electron chi connectivity index (χ4n) is 0.680. The van der Waals surface area contributed by atoms with Gasteiger partial charge in [0.1, 0.15) is 0 Å². The molecule has 1 heteroatoms. The van der Waals surface area contributed by atoms with Gasteiger partial charge < -0.3 is 17.7 Å². The predicted octanol–water partition coefficient (Wildman–Crippen LogP) is 3.73. The molecular formula is C12H18Zr-2. The van der Waals surface area contributed by atoms with Gasteiger partial charge in [0.2, 0.25) is 0 Å². The van der Waals surface area contributed by atoms with Crippen LogP contribution in [0.3, 0.4) is 0 Å². The third-order valence-corrected chi connectivity index (χ3v) is 1.17. The number of rotatable bonds is 0. The van der Waals surface area contributed by atoms with Gasteiger partial charge >= 0.3 is 26.2 Å². The van der Waals surface area contributed by atoms with E-state index in [0.717, 1.165) is 12.8 Å². The SMILES string of the molecule is [C-]1=CC=CC1.[C-]1=CC=CC1.[CH3-].[CH3-].[H-].[H-].[Zr+4]. The zero-order valence-corrected chi connectivity index (χ0v) is 10.8. The van der Waals surface area contributed by atoms with Gasteiger partial charge in [-0.2, -0.15) is 12.2 Å². The van der Waals surface area contributed by atoms with E-state index in [-0.39, 0.29) is 43.9 Å². The van der Waals surface area contributed by atoms with Crippen molar-refractivity contribution in [3.8, 4) is 0 Å². The van der Waals surface area contributed by atoms with Crippen LogP contribution < -0.4 is 0 Å². The molecule has 0 radical (unpaired) electrons. The molecule has 0 amide bonds. The van der Waals surface area contributed by atoms with Crippen LogP contribution in [0.15, 0.2) is 36.5 Å². The monoisotopic (exact) mass is 252 g/mol. The van der Waals surface area contributed by atoms with E-state index in [0.29, 0.717) is 0 Å². The van der Waals surface area contributed by atoms with Crippen molar-refractivity contribution in [1.29, 1.82) is 0 Å². The van der Waals surface area contributed by atoms with Gasteiger partial charge in [0, 0.05) is 0 Å². The number of allylic oxidation sites excluding steroid dienone is 8. The van der Waals surface area contributed by atoms with Crippen molar-refractivity contribution in [2.75, 3.05) is 0 Å². The molecule has 13 heavy (non-hydrogen) atoms. The van der Waals surface area contributed by atoms with E-state index < -0.39 is 0 Å². The van der Waals surface area contributed by atoms with Gasteiger partial charge in [-0.1, -0.05) is 0 Å². The standard InChI is InChI=1S/2C5H5.2CH3.Zr.2H/c2*1-2-4-5-3-1;;;;;/h2*1-3H,4H2;2*1H3;;;/q4*-1;+4;2*-1. The largest absolute Gasteiger partial charge is 4.00 e. The Morgan fingerprint density at radius 3 is 1.31 bits per heavy atom. The minimum atomic E-state index is 0. The van der Waals surface area contributed by atoms with Gasteiger partial charge in [-0.3, -0.25) is 12.2 Å². The van der Waals surface area contributed by atoms with Crippen molar-refractivity contribution >= 4 is 0 Å². The first-order valence-electron chi connectivity index (χ1n) is 3.43. The van der Waals surface area contributed by atoms with E-state index in [4.69, 9.17) is 0 Å². The second-order valence-corrected chi connectivity index (χ2v) is 2.01. The van der Waals surface area contributed by atoms with Crippen molar-refractivity contribution < 1.29 is 29.1 Å². The molecule has 2 rings (SSSR count). The van der Waals surface area contributed by atoms with Crippen LogP contribution in [0.25, 0.3) is 0 Å². The predicted molar refractivity (Wildman–Crippen MR) is 58.2 cm³/mol. The molecule has 2 aliphatic rings. The molecule has 2 aliphatic carbocycles. The van der Waals surface area contributed by atoms with E-state index >= 15 is 0 Å².